The molecule has 6 heteroatoms. The minimum Gasteiger partial charge on any atom is -0.366 e. The lowest BCUT2D eigenvalue weighted by atomic mass is 10.1. The highest BCUT2D eigenvalue weighted by atomic mass is 16.2. The van der Waals surface area contributed by atoms with Gasteiger partial charge in [-0.2, -0.15) is 0 Å². The number of primary amides is 1. The molecule has 2 aromatic carbocycles. The van der Waals surface area contributed by atoms with Gasteiger partial charge in [0.25, 0.3) is 0 Å². The zero-order chi connectivity index (χ0) is 18.0. The monoisotopic (exact) mass is 336 g/mol. The van der Waals surface area contributed by atoms with E-state index < -0.39 is 5.91 Å². The maximum Gasteiger partial charge on any atom is 0.249 e. The Kier molecular flexibility index (Phi) is 4.52. The Hall–Kier alpha value is -3.15. The molecule has 25 heavy (non-hydrogen) atoms. The van der Waals surface area contributed by atoms with Gasteiger partial charge in [0.15, 0.2) is 0 Å². The number of nitrogens with zero attached hydrogens (tertiary/aromatic N) is 2. The molecule has 0 aliphatic carbocycles. The molecule has 128 valence electrons. The fraction of sp³-hybridized carbons (Fsp3) is 0.211. The quantitative estimate of drug-likeness (QED) is 0.750. The minimum absolute atomic E-state index is 0.123. The Balaban J connectivity index is 1.72. The van der Waals surface area contributed by atoms with E-state index in [1.807, 2.05) is 35.8 Å². The average molecular weight is 336 g/mol. The van der Waals surface area contributed by atoms with Crippen LogP contribution >= 0.6 is 0 Å². The highest BCUT2D eigenvalue weighted by molar-refractivity contribution is 5.98. The number of aromatic nitrogens is 2. The number of para-hydroxylation sites is 2. The molecule has 0 unspecified atom stereocenters. The number of hydrogen-bond acceptors (Lipinski definition) is 3. The van der Waals surface area contributed by atoms with E-state index in [0.717, 1.165) is 16.9 Å². The van der Waals surface area contributed by atoms with Crippen molar-refractivity contribution in [3.63, 3.8) is 0 Å². The Labute approximate surface area is 145 Å². The van der Waals surface area contributed by atoms with Gasteiger partial charge in [0, 0.05) is 24.2 Å². The second kappa shape index (κ2) is 6.76. The molecule has 3 N–H and O–H groups in total. The third kappa shape index (κ3) is 3.38. The van der Waals surface area contributed by atoms with Crippen LogP contribution in [0.4, 0.5) is 5.69 Å². The second-order valence-corrected chi connectivity index (χ2v) is 5.94. The molecule has 0 aliphatic rings. The molecule has 6 nitrogen and oxygen atoms in total. The number of carbonyl (C=O) groups excluding carboxylic acids is 2. The number of rotatable bonds is 5. The van der Waals surface area contributed by atoms with Crippen LogP contribution in [0.2, 0.25) is 0 Å². The summed E-state index contributed by atoms with van der Waals surface area (Å²) in [6, 6.07) is 13.0. The van der Waals surface area contributed by atoms with E-state index in [9.17, 15) is 9.59 Å². The largest absolute Gasteiger partial charge is 0.366 e. The molecule has 0 aliphatic heterocycles. The lowest BCUT2D eigenvalue weighted by Gasteiger charge is -2.11. The van der Waals surface area contributed by atoms with E-state index in [2.05, 4.69) is 10.3 Å². The number of imidazole rings is 1. The van der Waals surface area contributed by atoms with E-state index in [0.29, 0.717) is 29.8 Å². The molecular formula is C19H20N4O2. The molecule has 1 heterocycles. The number of anilines is 1. The Morgan fingerprint density at radius 1 is 1.12 bits per heavy atom. The first-order valence-corrected chi connectivity index (χ1v) is 8.08. The van der Waals surface area contributed by atoms with Crippen LogP contribution < -0.4 is 11.1 Å². The number of fused-ring (bicyclic) bond motifs is 1. The predicted octanol–water partition coefficient (Wildman–Crippen LogP) is 2.78. The van der Waals surface area contributed by atoms with Gasteiger partial charge in [-0.1, -0.05) is 18.2 Å². The van der Waals surface area contributed by atoms with Gasteiger partial charge in [0.05, 0.1) is 11.0 Å². The third-order valence-electron chi connectivity index (χ3n) is 4.28. The predicted molar refractivity (Wildman–Crippen MR) is 97.4 cm³/mol. The number of benzene rings is 2. The van der Waals surface area contributed by atoms with Crippen molar-refractivity contribution in [1.82, 2.24) is 9.55 Å². The molecule has 3 rings (SSSR count). The molecule has 0 atom stereocenters. The SMILES string of the molecule is Cc1c(NC(=O)CCn2c(C)nc3ccccc32)cccc1C(N)=O. The summed E-state index contributed by atoms with van der Waals surface area (Å²) in [6.07, 6.45) is 0.307. The zero-order valence-corrected chi connectivity index (χ0v) is 14.2. The maximum absolute atomic E-state index is 12.3. The van der Waals surface area contributed by atoms with Crippen LogP contribution in [0, 0.1) is 13.8 Å². The van der Waals surface area contributed by atoms with Gasteiger partial charge in [-0.3, -0.25) is 9.59 Å². The van der Waals surface area contributed by atoms with Crippen LogP contribution in [0.3, 0.4) is 0 Å². The average Bonchev–Trinajstić information content (AvgIpc) is 2.90. The van der Waals surface area contributed by atoms with Crippen molar-refractivity contribution in [3.8, 4) is 0 Å². The van der Waals surface area contributed by atoms with Crippen molar-refractivity contribution in [3.05, 3.63) is 59.4 Å². The summed E-state index contributed by atoms with van der Waals surface area (Å²) in [5.41, 5.74) is 8.97. The van der Waals surface area contributed by atoms with Crippen LogP contribution in [0.25, 0.3) is 11.0 Å². The lowest BCUT2D eigenvalue weighted by molar-refractivity contribution is -0.116. The summed E-state index contributed by atoms with van der Waals surface area (Å²) in [5, 5.41) is 2.85. The number of aryl methyl sites for hydroxylation is 2. The van der Waals surface area contributed by atoms with Crippen molar-refractivity contribution in [2.24, 2.45) is 5.73 Å². The van der Waals surface area contributed by atoms with Crippen LogP contribution in [0.1, 0.15) is 28.2 Å². The highest BCUT2D eigenvalue weighted by Crippen LogP contribution is 2.19. The molecule has 1 aromatic heterocycles. The van der Waals surface area contributed by atoms with E-state index in [1.54, 1.807) is 25.1 Å². The standard InChI is InChI=1S/C19H20N4O2/c1-12-14(19(20)25)6-5-8-15(12)22-18(24)10-11-23-13(2)21-16-7-3-4-9-17(16)23/h3-9H,10-11H2,1-2H3,(H2,20,25)(H,22,24). The molecule has 2 amide bonds. The fourth-order valence-corrected chi connectivity index (χ4v) is 2.94. The van der Waals surface area contributed by atoms with Gasteiger partial charge in [0.2, 0.25) is 11.8 Å². The van der Waals surface area contributed by atoms with E-state index in [4.69, 9.17) is 5.73 Å². The minimum atomic E-state index is -0.505. The van der Waals surface area contributed by atoms with Crippen LogP contribution in [-0.2, 0) is 11.3 Å². The number of amides is 2. The van der Waals surface area contributed by atoms with Crippen molar-refractivity contribution >= 4 is 28.5 Å². The summed E-state index contributed by atoms with van der Waals surface area (Å²) in [6.45, 7) is 4.23. The van der Waals surface area contributed by atoms with Gasteiger partial charge in [-0.15, -0.1) is 0 Å². The molecule has 0 saturated carbocycles. The number of nitrogens with one attached hydrogen (secondary N) is 1. The fourth-order valence-electron chi connectivity index (χ4n) is 2.94. The maximum atomic E-state index is 12.3. The van der Waals surface area contributed by atoms with Gasteiger partial charge >= 0.3 is 0 Å². The number of nitrogens with two attached hydrogens (primary N) is 1. The molecule has 0 spiro atoms. The second-order valence-electron chi connectivity index (χ2n) is 5.94. The molecule has 0 radical (unpaired) electrons. The summed E-state index contributed by atoms with van der Waals surface area (Å²) < 4.78 is 2.03. The van der Waals surface area contributed by atoms with Gasteiger partial charge in [0.1, 0.15) is 5.82 Å². The first kappa shape index (κ1) is 16.7. The topological polar surface area (TPSA) is 90.0 Å². The Morgan fingerprint density at radius 2 is 1.88 bits per heavy atom. The highest BCUT2D eigenvalue weighted by Gasteiger charge is 2.12. The van der Waals surface area contributed by atoms with Gasteiger partial charge < -0.3 is 15.6 Å². The molecular weight excluding hydrogens is 316 g/mol. The smallest absolute Gasteiger partial charge is 0.249 e. The van der Waals surface area contributed by atoms with E-state index >= 15 is 0 Å². The Morgan fingerprint density at radius 3 is 2.64 bits per heavy atom. The van der Waals surface area contributed by atoms with E-state index in [-0.39, 0.29) is 5.91 Å². The molecule has 0 saturated heterocycles. The van der Waals surface area contributed by atoms with Crippen LogP contribution in [0.15, 0.2) is 42.5 Å². The summed E-state index contributed by atoms with van der Waals surface area (Å²) in [4.78, 5) is 28.2. The first-order chi connectivity index (χ1) is 12.0. The Bertz CT molecular complexity index is 959. The first-order valence-electron chi connectivity index (χ1n) is 8.08. The van der Waals surface area contributed by atoms with Crippen LogP contribution in [0.5, 0.6) is 0 Å². The summed E-state index contributed by atoms with van der Waals surface area (Å²) in [7, 11) is 0. The number of hydrogen-bond donors (Lipinski definition) is 2. The summed E-state index contributed by atoms with van der Waals surface area (Å²) >= 11 is 0. The molecule has 0 fully saturated rings. The lowest BCUT2D eigenvalue weighted by Crippen LogP contribution is -2.18. The van der Waals surface area contributed by atoms with E-state index in [1.165, 1.54) is 0 Å². The van der Waals surface area contributed by atoms with Crippen molar-refractivity contribution in [1.29, 1.82) is 0 Å². The molecule has 3 aromatic rings. The van der Waals surface area contributed by atoms with Gasteiger partial charge in [-0.25, -0.2) is 4.98 Å². The number of carbonyl (C=O) groups is 2. The molecule has 0 bridgehead atoms. The van der Waals surface area contributed by atoms with Gasteiger partial charge in [-0.05, 0) is 43.7 Å². The zero-order valence-electron chi connectivity index (χ0n) is 14.2. The van der Waals surface area contributed by atoms with Crippen molar-refractivity contribution < 1.29 is 9.59 Å². The van der Waals surface area contributed by atoms with Crippen LogP contribution in [-0.4, -0.2) is 21.4 Å². The normalized spacial score (nSPS) is 10.8. The summed E-state index contributed by atoms with van der Waals surface area (Å²) in [5.74, 6) is 0.247. The van der Waals surface area contributed by atoms with Crippen molar-refractivity contribution in [2.45, 2.75) is 26.8 Å². The van der Waals surface area contributed by atoms with Crippen molar-refractivity contribution in [2.75, 3.05) is 5.32 Å². The third-order valence-corrected chi connectivity index (χ3v) is 4.28.